The van der Waals surface area contributed by atoms with E-state index in [4.69, 9.17) is 0 Å². The van der Waals surface area contributed by atoms with E-state index < -0.39 is 12.2 Å². The van der Waals surface area contributed by atoms with E-state index in [0.717, 1.165) is 9.35 Å². The van der Waals surface area contributed by atoms with Crippen LogP contribution in [0.25, 0.3) is 0 Å². The van der Waals surface area contributed by atoms with Gasteiger partial charge in [0.15, 0.2) is 0 Å². The highest BCUT2D eigenvalue weighted by atomic mass is 79.9. The molecule has 1 heterocycles. The number of hydrogen-bond acceptors (Lipinski definition) is 3. The van der Waals surface area contributed by atoms with Crippen LogP contribution in [0.3, 0.4) is 0 Å². The first-order valence-electron chi connectivity index (χ1n) is 4.90. The monoisotopic (exact) mass is 292 g/mol. The Labute approximate surface area is 103 Å². The smallest absolute Gasteiger partial charge is 0.0852 e. The molecule has 0 bridgehead atoms. The second kappa shape index (κ2) is 4.95. The summed E-state index contributed by atoms with van der Waals surface area (Å²) in [6.07, 6.45) is -0.886. The number of rotatable bonds is 3. The lowest BCUT2D eigenvalue weighted by Gasteiger charge is -2.29. The van der Waals surface area contributed by atoms with Crippen LogP contribution in [-0.4, -0.2) is 22.4 Å². The fourth-order valence-electron chi connectivity index (χ4n) is 1.36. The number of aliphatic hydroxyl groups is 2. The molecular formula is C11H17BrO2S. The second-order valence-electron chi connectivity index (χ2n) is 4.81. The molecule has 2 N–H and O–H groups in total. The molecule has 1 rings (SSSR count). The number of halogens is 1. The minimum Gasteiger partial charge on any atom is -0.390 e. The Bertz CT molecular complexity index is 317. The average Bonchev–Trinajstić information content (AvgIpc) is 2.48. The molecule has 15 heavy (non-hydrogen) atoms. The predicted octanol–water partition coefficient (Wildman–Crippen LogP) is 2.82. The van der Waals surface area contributed by atoms with Gasteiger partial charge in [0.25, 0.3) is 0 Å². The van der Waals surface area contributed by atoms with Crippen molar-refractivity contribution in [1.29, 1.82) is 0 Å². The standard InChI is InChI=1S/C11H17BrO2S/c1-11(2,3)10(14)9(13)5-8-4-7(12)6-15-8/h4,6,9-10,13-14H,5H2,1-3H3. The summed E-state index contributed by atoms with van der Waals surface area (Å²) in [4.78, 5) is 1.08. The highest BCUT2D eigenvalue weighted by Gasteiger charge is 2.29. The highest BCUT2D eigenvalue weighted by Crippen LogP contribution is 2.26. The van der Waals surface area contributed by atoms with Crippen molar-refractivity contribution in [2.24, 2.45) is 5.41 Å². The Balaban J connectivity index is 2.59. The van der Waals surface area contributed by atoms with Crippen molar-refractivity contribution in [2.45, 2.75) is 39.4 Å². The van der Waals surface area contributed by atoms with Crippen LogP contribution < -0.4 is 0 Å². The average molecular weight is 293 g/mol. The van der Waals surface area contributed by atoms with Crippen LogP contribution >= 0.6 is 27.3 Å². The molecule has 0 fully saturated rings. The SMILES string of the molecule is CC(C)(C)C(O)C(O)Cc1cc(Br)cs1. The van der Waals surface area contributed by atoms with E-state index in [1.807, 2.05) is 32.2 Å². The van der Waals surface area contributed by atoms with E-state index in [9.17, 15) is 10.2 Å². The molecule has 2 nitrogen and oxygen atoms in total. The normalized spacial score (nSPS) is 16.4. The van der Waals surface area contributed by atoms with Crippen molar-refractivity contribution in [3.05, 3.63) is 20.8 Å². The molecule has 2 unspecified atom stereocenters. The van der Waals surface area contributed by atoms with Gasteiger partial charge in [-0.25, -0.2) is 0 Å². The number of thiophene rings is 1. The molecule has 1 aromatic heterocycles. The first kappa shape index (κ1) is 13.2. The number of aliphatic hydroxyl groups excluding tert-OH is 2. The number of hydrogen-bond donors (Lipinski definition) is 2. The molecule has 4 heteroatoms. The molecular weight excluding hydrogens is 276 g/mol. The third-order valence-electron chi connectivity index (χ3n) is 2.28. The van der Waals surface area contributed by atoms with Crippen molar-refractivity contribution in [1.82, 2.24) is 0 Å². The van der Waals surface area contributed by atoms with Crippen LogP contribution in [0.15, 0.2) is 15.9 Å². The van der Waals surface area contributed by atoms with Crippen LogP contribution in [0.2, 0.25) is 0 Å². The summed E-state index contributed by atoms with van der Waals surface area (Å²) >= 11 is 4.95. The van der Waals surface area contributed by atoms with Crippen LogP contribution in [-0.2, 0) is 6.42 Å². The van der Waals surface area contributed by atoms with Crippen molar-refractivity contribution in [3.8, 4) is 0 Å². The first-order valence-corrected chi connectivity index (χ1v) is 6.57. The van der Waals surface area contributed by atoms with Gasteiger partial charge in [0.2, 0.25) is 0 Å². The van der Waals surface area contributed by atoms with Gasteiger partial charge < -0.3 is 10.2 Å². The fraction of sp³-hybridized carbons (Fsp3) is 0.636. The van der Waals surface area contributed by atoms with Crippen molar-refractivity contribution >= 4 is 27.3 Å². The minimum absolute atomic E-state index is 0.284. The van der Waals surface area contributed by atoms with Gasteiger partial charge in [-0.3, -0.25) is 0 Å². The maximum absolute atomic E-state index is 9.87. The Hall–Kier alpha value is 0.1000. The molecule has 0 aliphatic rings. The lowest BCUT2D eigenvalue weighted by atomic mass is 9.85. The summed E-state index contributed by atoms with van der Waals surface area (Å²) in [5.74, 6) is 0. The van der Waals surface area contributed by atoms with E-state index in [-0.39, 0.29) is 5.41 Å². The first-order chi connectivity index (χ1) is 6.80. The quantitative estimate of drug-likeness (QED) is 0.899. The van der Waals surface area contributed by atoms with Gasteiger partial charge in [-0.15, -0.1) is 11.3 Å². The van der Waals surface area contributed by atoms with Gasteiger partial charge in [0, 0.05) is 21.2 Å². The fourth-order valence-corrected chi connectivity index (χ4v) is 2.86. The van der Waals surface area contributed by atoms with Gasteiger partial charge in [-0.05, 0) is 27.4 Å². The van der Waals surface area contributed by atoms with Crippen LogP contribution in [0, 0.1) is 5.41 Å². The second-order valence-corrected chi connectivity index (χ2v) is 6.73. The Morgan fingerprint density at radius 2 is 2.00 bits per heavy atom. The van der Waals surface area contributed by atoms with Gasteiger partial charge in [0.1, 0.15) is 0 Å². The molecule has 0 spiro atoms. The maximum Gasteiger partial charge on any atom is 0.0852 e. The molecule has 0 radical (unpaired) electrons. The summed E-state index contributed by atoms with van der Waals surface area (Å²) in [7, 11) is 0. The summed E-state index contributed by atoms with van der Waals surface area (Å²) < 4.78 is 1.03. The molecule has 0 aliphatic heterocycles. The van der Waals surface area contributed by atoms with E-state index in [2.05, 4.69) is 15.9 Å². The molecule has 1 aromatic rings. The molecule has 0 amide bonds. The third kappa shape index (κ3) is 3.87. The molecule has 0 saturated heterocycles. The maximum atomic E-state index is 9.87. The highest BCUT2D eigenvalue weighted by molar-refractivity contribution is 9.10. The van der Waals surface area contributed by atoms with Gasteiger partial charge in [-0.1, -0.05) is 20.8 Å². The molecule has 86 valence electrons. The lowest BCUT2D eigenvalue weighted by molar-refractivity contribution is -0.0430. The van der Waals surface area contributed by atoms with Gasteiger partial charge in [-0.2, -0.15) is 0 Å². The summed E-state index contributed by atoms with van der Waals surface area (Å²) in [5.41, 5.74) is -0.284. The summed E-state index contributed by atoms with van der Waals surface area (Å²) in [6.45, 7) is 5.77. The summed E-state index contributed by atoms with van der Waals surface area (Å²) in [6, 6.07) is 1.98. The van der Waals surface area contributed by atoms with E-state index in [1.54, 1.807) is 11.3 Å². The third-order valence-corrected chi connectivity index (χ3v) is 4.00. The van der Waals surface area contributed by atoms with Crippen LogP contribution in [0.5, 0.6) is 0 Å². The van der Waals surface area contributed by atoms with Gasteiger partial charge in [0.05, 0.1) is 12.2 Å². The molecule has 0 aliphatic carbocycles. The Morgan fingerprint density at radius 3 is 2.40 bits per heavy atom. The molecule has 0 aromatic carbocycles. The van der Waals surface area contributed by atoms with E-state index in [1.165, 1.54) is 0 Å². The van der Waals surface area contributed by atoms with Crippen LogP contribution in [0.1, 0.15) is 25.6 Å². The summed E-state index contributed by atoms with van der Waals surface area (Å²) in [5, 5.41) is 21.7. The predicted molar refractivity (Wildman–Crippen MR) is 67.2 cm³/mol. The van der Waals surface area contributed by atoms with E-state index in [0.29, 0.717) is 6.42 Å². The lowest BCUT2D eigenvalue weighted by Crippen LogP contribution is -2.38. The Morgan fingerprint density at radius 1 is 1.40 bits per heavy atom. The van der Waals surface area contributed by atoms with Gasteiger partial charge >= 0.3 is 0 Å². The molecule has 2 atom stereocenters. The minimum atomic E-state index is -0.699. The zero-order valence-corrected chi connectivity index (χ0v) is 11.6. The van der Waals surface area contributed by atoms with Crippen LogP contribution in [0.4, 0.5) is 0 Å². The largest absolute Gasteiger partial charge is 0.390 e. The molecule has 0 saturated carbocycles. The van der Waals surface area contributed by atoms with Crippen molar-refractivity contribution in [3.63, 3.8) is 0 Å². The topological polar surface area (TPSA) is 40.5 Å². The zero-order chi connectivity index (χ0) is 11.6. The zero-order valence-electron chi connectivity index (χ0n) is 9.20. The van der Waals surface area contributed by atoms with Crippen molar-refractivity contribution in [2.75, 3.05) is 0 Å². The van der Waals surface area contributed by atoms with E-state index >= 15 is 0 Å². The Kier molecular flexibility index (Phi) is 4.35. The van der Waals surface area contributed by atoms with Crippen molar-refractivity contribution < 1.29 is 10.2 Å².